The largest absolute Gasteiger partial charge is 0.333 e. The van der Waals surface area contributed by atoms with Crippen molar-refractivity contribution in [2.24, 2.45) is 0 Å². The Morgan fingerprint density at radius 1 is 1.07 bits per heavy atom. The second-order valence-corrected chi connectivity index (χ2v) is 8.50. The molecular formula is C23H21ClN2O2S. The van der Waals surface area contributed by atoms with E-state index in [9.17, 15) is 9.59 Å². The molecule has 0 unspecified atom stereocenters. The van der Waals surface area contributed by atoms with Crippen LogP contribution < -0.4 is 5.32 Å². The Balaban J connectivity index is 1.38. The molecule has 0 saturated carbocycles. The fourth-order valence-electron chi connectivity index (χ4n) is 3.54. The molecule has 0 radical (unpaired) electrons. The Hall–Kier alpha value is -2.63. The van der Waals surface area contributed by atoms with Crippen molar-refractivity contribution in [3.8, 4) is 0 Å². The Labute approximate surface area is 179 Å². The molecule has 0 aliphatic carbocycles. The van der Waals surface area contributed by atoms with Crippen molar-refractivity contribution < 1.29 is 9.59 Å². The van der Waals surface area contributed by atoms with E-state index in [2.05, 4.69) is 11.4 Å². The number of halogens is 1. The molecule has 4 nitrogen and oxygen atoms in total. The SMILES string of the molecule is O=C(CCc1cccc(Cl)c1)Nc1ccc2c(c1)CN(C(=O)c1cccs1)CC2. The Bertz CT molecular complexity index is 1030. The number of hydrogen-bond donors (Lipinski definition) is 1. The number of nitrogens with one attached hydrogen (secondary N) is 1. The number of aryl methyl sites for hydroxylation is 1. The van der Waals surface area contributed by atoms with Gasteiger partial charge in [-0.15, -0.1) is 11.3 Å². The van der Waals surface area contributed by atoms with E-state index in [1.165, 1.54) is 16.9 Å². The number of nitrogens with zero attached hydrogens (tertiary/aromatic N) is 1. The molecular weight excluding hydrogens is 404 g/mol. The summed E-state index contributed by atoms with van der Waals surface area (Å²) in [4.78, 5) is 27.6. The molecule has 29 heavy (non-hydrogen) atoms. The van der Waals surface area contributed by atoms with E-state index in [1.807, 2.05) is 58.8 Å². The van der Waals surface area contributed by atoms with E-state index >= 15 is 0 Å². The van der Waals surface area contributed by atoms with E-state index in [-0.39, 0.29) is 11.8 Å². The average molecular weight is 425 g/mol. The molecule has 1 aliphatic rings. The van der Waals surface area contributed by atoms with Crippen molar-refractivity contribution >= 4 is 40.4 Å². The minimum absolute atomic E-state index is 0.0350. The smallest absolute Gasteiger partial charge is 0.264 e. The van der Waals surface area contributed by atoms with E-state index in [1.54, 1.807) is 0 Å². The highest BCUT2D eigenvalue weighted by molar-refractivity contribution is 7.12. The van der Waals surface area contributed by atoms with E-state index in [0.717, 1.165) is 34.7 Å². The number of hydrogen-bond acceptors (Lipinski definition) is 3. The average Bonchev–Trinajstić information content (AvgIpc) is 3.26. The zero-order valence-corrected chi connectivity index (χ0v) is 17.4. The van der Waals surface area contributed by atoms with Gasteiger partial charge in [0.25, 0.3) is 5.91 Å². The predicted molar refractivity (Wildman–Crippen MR) is 118 cm³/mol. The zero-order chi connectivity index (χ0) is 20.2. The highest BCUT2D eigenvalue weighted by Crippen LogP contribution is 2.25. The van der Waals surface area contributed by atoms with Crippen LogP contribution in [0.3, 0.4) is 0 Å². The second kappa shape index (κ2) is 8.80. The molecule has 1 N–H and O–H groups in total. The maximum absolute atomic E-state index is 12.6. The molecule has 0 atom stereocenters. The number of carbonyl (C=O) groups is 2. The van der Waals surface area contributed by atoms with E-state index < -0.39 is 0 Å². The number of fused-ring (bicyclic) bond motifs is 1. The van der Waals surface area contributed by atoms with Gasteiger partial charge >= 0.3 is 0 Å². The number of anilines is 1. The Morgan fingerprint density at radius 3 is 2.76 bits per heavy atom. The third kappa shape index (κ3) is 4.86. The molecule has 0 bridgehead atoms. The summed E-state index contributed by atoms with van der Waals surface area (Å²) < 4.78 is 0. The summed E-state index contributed by atoms with van der Waals surface area (Å²) in [6, 6.07) is 17.3. The third-order valence-corrected chi connectivity index (χ3v) is 6.14. The number of thiophene rings is 1. The van der Waals surface area contributed by atoms with Gasteiger partial charge in [-0.3, -0.25) is 9.59 Å². The standard InChI is InChI=1S/C23H21ClN2O2S/c24-19-4-1-3-16(13-19)6-9-22(27)25-20-8-7-17-10-11-26(15-18(17)14-20)23(28)21-5-2-12-29-21/h1-5,7-8,12-14H,6,9-11,15H2,(H,25,27). The van der Waals surface area contributed by atoms with Crippen LogP contribution in [0.25, 0.3) is 0 Å². The van der Waals surface area contributed by atoms with Gasteiger partial charge in [-0.1, -0.05) is 35.9 Å². The van der Waals surface area contributed by atoms with Crippen molar-refractivity contribution in [1.82, 2.24) is 4.90 Å². The number of carbonyl (C=O) groups excluding carboxylic acids is 2. The van der Waals surface area contributed by atoms with Gasteiger partial charge in [-0.25, -0.2) is 0 Å². The van der Waals surface area contributed by atoms with Crippen molar-refractivity contribution in [3.05, 3.63) is 86.6 Å². The van der Waals surface area contributed by atoms with Crippen molar-refractivity contribution in [2.75, 3.05) is 11.9 Å². The minimum atomic E-state index is -0.0350. The Morgan fingerprint density at radius 2 is 1.97 bits per heavy atom. The van der Waals surface area contributed by atoms with E-state index in [0.29, 0.717) is 24.4 Å². The molecule has 148 valence electrons. The summed E-state index contributed by atoms with van der Waals surface area (Å²) in [5, 5.41) is 5.57. The summed E-state index contributed by atoms with van der Waals surface area (Å²) in [5.74, 6) is 0.0360. The fraction of sp³-hybridized carbons (Fsp3) is 0.217. The van der Waals surface area contributed by atoms with Crippen LogP contribution in [-0.2, 0) is 24.2 Å². The first-order chi connectivity index (χ1) is 14.1. The molecule has 0 spiro atoms. The van der Waals surface area contributed by atoms with Crippen LogP contribution >= 0.6 is 22.9 Å². The molecule has 2 heterocycles. The van der Waals surface area contributed by atoms with Crippen LogP contribution in [0.2, 0.25) is 5.02 Å². The first-order valence-electron chi connectivity index (χ1n) is 9.57. The highest BCUT2D eigenvalue weighted by atomic mass is 35.5. The quantitative estimate of drug-likeness (QED) is 0.614. The highest BCUT2D eigenvalue weighted by Gasteiger charge is 2.22. The van der Waals surface area contributed by atoms with Crippen molar-refractivity contribution in [2.45, 2.75) is 25.8 Å². The maximum Gasteiger partial charge on any atom is 0.264 e. The van der Waals surface area contributed by atoms with Crippen LogP contribution in [0.4, 0.5) is 5.69 Å². The lowest BCUT2D eigenvalue weighted by atomic mass is 9.98. The van der Waals surface area contributed by atoms with Gasteiger partial charge in [-0.05, 0) is 65.2 Å². The zero-order valence-electron chi connectivity index (χ0n) is 15.9. The summed E-state index contributed by atoms with van der Waals surface area (Å²) in [5.41, 5.74) is 4.14. The van der Waals surface area contributed by atoms with Crippen LogP contribution in [0, 0.1) is 0 Å². The molecule has 6 heteroatoms. The summed E-state index contributed by atoms with van der Waals surface area (Å²) >= 11 is 7.46. The van der Waals surface area contributed by atoms with Gasteiger partial charge in [0.2, 0.25) is 5.91 Å². The number of benzene rings is 2. The predicted octanol–water partition coefficient (Wildman–Crippen LogP) is 5.17. The van der Waals surface area contributed by atoms with Gasteiger partial charge in [0, 0.05) is 30.2 Å². The van der Waals surface area contributed by atoms with Gasteiger partial charge in [0.15, 0.2) is 0 Å². The van der Waals surface area contributed by atoms with Gasteiger partial charge in [-0.2, -0.15) is 0 Å². The lowest BCUT2D eigenvalue weighted by Crippen LogP contribution is -2.35. The number of amides is 2. The van der Waals surface area contributed by atoms with Crippen molar-refractivity contribution in [3.63, 3.8) is 0 Å². The fourth-order valence-corrected chi connectivity index (χ4v) is 4.44. The van der Waals surface area contributed by atoms with Gasteiger partial charge < -0.3 is 10.2 Å². The van der Waals surface area contributed by atoms with Crippen LogP contribution in [0.15, 0.2) is 60.0 Å². The van der Waals surface area contributed by atoms with Crippen LogP contribution in [-0.4, -0.2) is 23.3 Å². The lowest BCUT2D eigenvalue weighted by Gasteiger charge is -2.29. The molecule has 0 fully saturated rings. The molecule has 0 saturated heterocycles. The minimum Gasteiger partial charge on any atom is -0.333 e. The molecule has 3 aromatic rings. The normalized spacial score (nSPS) is 13.1. The van der Waals surface area contributed by atoms with Crippen LogP contribution in [0.5, 0.6) is 0 Å². The first-order valence-corrected chi connectivity index (χ1v) is 10.8. The molecule has 4 rings (SSSR count). The topological polar surface area (TPSA) is 49.4 Å². The molecule has 1 aliphatic heterocycles. The molecule has 1 aromatic heterocycles. The van der Waals surface area contributed by atoms with Gasteiger partial charge in [0.05, 0.1) is 4.88 Å². The molecule has 2 amide bonds. The third-order valence-electron chi connectivity index (χ3n) is 5.05. The second-order valence-electron chi connectivity index (χ2n) is 7.12. The summed E-state index contributed by atoms with van der Waals surface area (Å²) in [6.45, 7) is 1.29. The van der Waals surface area contributed by atoms with Crippen LogP contribution in [0.1, 0.15) is 32.8 Å². The first kappa shape index (κ1) is 19.7. The summed E-state index contributed by atoms with van der Waals surface area (Å²) in [6.07, 6.45) is 1.86. The monoisotopic (exact) mass is 424 g/mol. The molecule has 2 aromatic carbocycles. The Kier molecular flexibility index (Phi) is 5.97. The summed E-state index contributed by atoms with van der Waals surface area (Å²) in [7, 11) is 0. The van der Waals surface area contributed by atoms with Gasteiger partial charge in [0.1, 0.15) is 0 Å². The van der Waals surface area contributed by atoms with E-state index in [4.69, 9.17) is 11.6 Å². The maximum atomic E-state index is 12.6. The van der Waals surface area contributed by atoms with Crippen molar-refractivity contribution in [1.29, 1.82) is 0 Å². The number of rotatable bonds is 5. The lowest BCUT2D eigenvalue weighted by molar-refractivity contribution is -0.116.